The Kier molecular flexibility index (Phi) is 2.55. The lowest BCUT2D eigenvalue weighted by Crippen LogP contribution is -2.19. The molecule has 2 aromatic heterocycles. The third kappa shape index (κ3) is 1.80. The van der Waals surface area contributed by atoms with Gasteiger partial charge in [0.05, 0.1) is 11.1 Å². The van der Waals surface area contributed by atoms with Crippen LogP contribution < -0.4 is 0 Å². The minimum atomic E-state index is 0.0363. The van der Waals surface area contributed by atoms with Gasteiger partial charge in [0.25, 0.3) is 0 Å². The van der Waals surface area contributed by atoms with Crippen molar-refractivity contribution < 1.29 is 4.74 Å². The van der Waals surface area contributed by atoms with E-state index in [1.807, 2.05) is 24.7 Å². The van der Waals surface area contributed by atoms with Crippen molar-refractivity contribution in [3.8, 4) is 0 Å². The molecule has 0 amide bonds. The maximum Gasteiger partial charge on any atom is 0.164 e. The van der Waals surface area contributed by atoms with Crippen LogP contribution in [0.5, 0.6) is 0 Å². The van der Waals surface area contributed by atoms with Crippen LogP contribution in [0.4, 0.5) is 0 Å². The fraction of sp³-hybridized carbons (Fsp3) is 0.583. The topological polar surface area (TPSA) is 52.8 Å². The Balaban J connectivity index is 2.11. The number of rotatable bonds is 1. The average molecular weight is 232 g/mol. The van der Waals surface area contributed by atoms with Gasteiger partial charge in [0.15, 0.2) is 11.9 Å². The predicted molar refractivity (Wildman–Crippen MR) is 63.6 cm³/mol. The predicted octanol–water partition coefficient (Wildman–Crippen LogP) is 2.14. The highest BCUT2D eigenvalue weighted by Crippen LogP contribution is 2.26. The van der Waals surface area contributed by atoms with Crippen molar-refractivity contribution in [2.45, 2.75) is 39.3 Å². The lowest BCUT2D eigenvalue weighted by molar-refractivity contribution is -0.0371. The van der Waals surface area contributed by atoms with Gasteiger partial charge >= 0.3 is 0 Å². The van der Waals surface area contributed by atoms with Gasteiger partial charge in [-0.25, -0.2) is 14.6 Å². The van der Waals surface area contributed by atoms with E-state index in [1.54, 1.807) is 0 Å². The Labute approximate surface area is 99.8 Å². The largest absolute Gasteiger partial charge is 0.356 e. The molecule has 1 unspecified atom stereocenters. The quantitative estimate of drug-likeness (QED) is 0.756. The molecule has 0 radical (unpaired) electrons. The SMILES string of the molecule is Cc1ncc2c(C)nn(C3CCCCO3)c2n1. The molecular formula is C12H16N4O. The molecule has 3 heterocycles. The number of hydrogen-bond acceptors (Lipinski definition) is 4. The second-order valence-electron chi connectivity index (χ2n) is 4.51. The molecule has 1 aliphatic rings. The molecule has 0 N–H and O–H groups in total. The summed E-state index contributed by atoms with van der Waals surface area (Å²) in [5.41, 5.74) is 1.86. The van der Waals surface area contributed by atoms with Crippen LogP contribution >= 0.6 is 0 Å². The molecule has 0 aromatic carbocycles. The molecule has 17 heavy (non-hydrogen) atoms. The third-order valence-corrected chi connectivity index (χ3v) is 3.18. The van der Waals surface area contributed by atoms with Gasteiger partial charge < -0.3 is 4.74 Å². The normalized spacial score (nSPS) is 20.9. The number of aryl methyl sites for hydroxylation is 2. The lowest BCUT2D eigenvalue weighted by atomic mass is 10.2. The molecule has 1 aliphatic heterocycles. The van der Waals surface area contributed by atoms with Crippen molar-refractivity contribution in [2.75, 3.05) is 6.61 Å². The molecule has 0 spiro atoms. The highest BCUT2D eigenvalue weighted by molar-refractivity contribution is 5.77. The van der Waals surface area contributed by atoms with Gasteiger partial charge in [-0.1, -0.05) is 0 Å². The second-order valence-corrected chi connectivity index (χ2v) is 4.51. The summed E-state index contributed by atoms with van der Waals surface area (Å²) in [4.78, 5) is 8.70. The van der Waals surface area contributed by atoms with Gasteiger partial charge in [-0.3, -0.25) is 0 Å². The highest BCUT2D eigenvalue weighted by atomic mass is 16.5. The zero-order valence-corrected chi connectivity index (χ0v) is 10.2. The van der Waals surface area contributed by atoms with Gasteiger partial charge in [0.1, 0.15) is 5.82 Å². The van der Waals surface area contributed by atoms with Crippen molar-refractivity contribution in [1.82, 2.24) is 19.7 Å². The first-order chi connectivity index (χ1) is 8.25. The molecule has 0 bridgehead atoms. The van der Waals surface area contributed by atoms with Crippen molar-refractivity contribution in [3.05, 3.63) is 17.7 Å². The van der Waals surface area contributed by atoms with Gasteiger partial charge in [-0.15, -0.1) is 0 Å². The fourth-order valence-electron chi connectivity index (χ4n) is 2.27. The van der Waals surface area contributed by atoms with Crippen molar-refractivity contribution in [1.29, 1.82) is 0 Å². The number of aromatic nitrogens is 4. The molecule has 0 saturated carbocycles. The Morgan fingerprint density at radius 3 is 3.00 bits per heavy atom. The summed E-state index contributed by atoms with van der Waals surface area (Å²) in [6.07, 6.45) is 5.23. The minimum Gasteiger partial charge on any atom is -0.356 e. The highest BCUT2D eigenvalue weighted by Gasteiger charge is 2.20. The molecule has 1 fully saturated rings. The van der Waals surface area contributed by atoms with Crippen LogP contribution in [0.25, 0.3) is 11.0 Å². The van der Waals surface area contributed by atoms with Crippen LogP contribution in [0, 0.1) is 13.8 Å². The van der Waals surface area contributed by atoms with Gasteiger partial charge in [0, 0.05) is 12.8 Å². The van der Waals surface area contributed by atoms with Crippen LogP contribution in [0.3, 0.4) is 0 Å². The molecule has 5 nitrogen and oxygen atoms in total. The summed E-state index contributed by atoms with van der Waals surface area (Å²) < 4.78 is 7.68. The molecule has 1 atom stereocenters. The van der Waals surface area contributed by atoms with Gasteiger partial charge in [-0.2, -0.15) is 5.10 Å². The monoisotopic (exact) mass is 232 g/mol. The van der Waals surface area contributed by atoms with E-state index in [-0.39, 0.29) is 6.23 Å². The summed E-state index contributed by atoms with van der Waals surface area (Å²) >= 11 is 0. The molecule has 5 heteroatoms. The summed E-state index contributed by atoms with van der Waals surface area (Å²) in [6.45, 7) is 4.70. The third-order valence-electron chi connectivity index (χ3n) is 3.18. The number of ether oxygens (including phenoxy) is 1. The maximum atomic E-state index is 5.77. The molecular weight excluding hydrogens is 216 g/mol. The fourth-order valence-corrected chi connectivity index (χ4v) is 2.27. The van der Waals surface area contributed by atoms with E-state index < -0.39 is 0 Å². The van der Waals surface area contributed by atoms with Crippen LogP contribution in [0.1, 0.15) is 37.0 Å². The number of nitrogens with zero attached hydrogens (tertiary/aromatic N) is 4. The van der Waals surface area contributed by atoms with Crippen LogP contribution in [-0.4, -0.2) is 26.4 Å². The van der Waals surface area contributed by atoms with Crippen LogP contribution in [-0.2, 0) is 4.74 Å². The van der Waals surface area contributed by atoms with E-state index >= 15 is 0 Å². The smallest absolute Gasteiger partial charge is 0.164 e. The van der Waals surface area contributed by atoms with Crippen molar-refractivity contribution in [2.24, 2.45) is 0 Å². The second kappa shape index (κ2) is 4.07. The van der Waals surface area contributed by atoms with E-state index in [2.05, 4.69) is 15.1 Å². The Morgan fingerprint density at radius 1 is 1.35 bits per heavy atom. The van der Waals surface area contributed by atoms with Crippen molar-refractivity contribution >= 4 is 11.0 Å². The zero-order chi connectivity index (χ0) is 11.8. The summed E-state index contributed by atoms with van der Waals surface area (Å²) in [5.74, 6) is 0.773. The van der Waals surface area contributed by atoms with E-state index in [9.17, 15) is 0 Å². The Morgan fingerprint density at radius 2 is 2.24 bits per heavy atom. The van der Waals surface area contributed by atoms with Crippen molar-refractivity contribution in [3.63, 3.8) is 0 Å². The molecule has 1 saturated heterocycles. The molecule has 3 rings (SSSR count). The van der Waals surface area contributed by atoms with Gasteiger partial charge in [0.2, 0.25) is 0 Å². The number of hydrogen-bond donors (Lipinski definition) is 0. The van der Waals surface area contributed by atoms with Crippen LogP contribution in [0.2, 0.25) is 0 Å². The Bertz CT molecular complexity index is 543. The summed E-state index contributed by atoms with van der Waals surface area (Å²) in [6, 6.07) is 0. The standard InChI is InChI=1S/C12H16N4O/c1-8-10-7-13-9(2)14-12(10)16(15-8)11-5-3-4-6-17-11/h7,11H,3-6H2,1-2H3. The van der Waals surface area contributed by atoms with Crippen LogP contribution in [0.15, 0.2) is 6.20 Å². The van der Waals surface area contributed by atoms with E-state index in [1.165, 1.54) is 6.42 Å². The molecule has 90 valence electrons. The maximum absolute atomic E-state index is 5.77. The first kappa shape index (κ1) is 10.7. The first-order valence-corrected chi connectivity index (χ1v) is 6.06. The molecule has 2 aromatic rings. The summed E-state index contributed by atoms with van der Waals surface area (Å²) in [5, 5.41) is 5.56. The Hall–Kier alpha value is -1.49. The average Bonchev–Trinajstić information content (AvgIpc) is 2.67. The van der Waals surface area contributed by atoms with Gasteiger partial charge in [-0.05, 0) is 33.1 Å². The first-order valence-electron chi connectivity index (χ1n) is 6.06. The van der Waals surface area contributed by atoms with E-state index in [0.29, 0.717) is 0 Å². The summed E-state index contributed by atoms with van der Waals surface area (Å²) in [7, 11) is 0. The number of fused-ring (bicyclic) bond motifs is 1. The van der Waals surface area contributed by atoms with E-state index in [4.69, 9.17) is 4.74 Å². The molecule has 0 aliphatic carbocycles. The van der Waals surface area contributed by atoms with E-state index in [0.717, 1.165) is 42.0 Å². The zero-order valence-electron chi connectivity index (χ0n) is 10.2. The minimum absolute atomic E-state index is 0.0363. The lowest BCUT2D eigenvalue weighted by Gasteiger charge is -2.22.